The van der Waals surface area contributed by atoms with Crippen molar-refractivity contribution in [3.8, 4) is 5.75 Å². The maximum absolute atomic E-state index is 13.1. The van der Waals surface area contributed by atoms with Crippen molar-refractivity contribution >= 4 is 15.9 Å². The van der Waals surface area contributed by atoms with Crippen LogP contribution in [-0.2, 0) is 21.4 Å². The Morgan fingerprint density at radius 3 is 2.50 bits per heavy atom. The van der Waals surface area contributed by atoms with Gasteiger partial charge in [0.05, 0.1) is 30.9 Å². The van der Waals surface area contributed by atoms with Crippen molar-refractivity contribution in [3.63, 3.8) is 0 Å². The van der Waals surface area contributed by atoms with E-state index in [2.05, 4.69) is 19.2 Å². The highest BCUT2D eigenvalue weighted by molar-refractivity contribution is 7.89. The van der Waals surface area contributed by atoms with E-state index in [1.54, 1.807) is 24.3 Å². The number of amides is 1. The quantitative estimate of drug-likeness (QED) is 0.617. The molecule has 7 nitrogen and oxygen atoms in total. The van der Waals surface area contributed by atoms with E-state index in [9.17, 15) is 13.2 Å². The maximum atomic E-state index is 13.1. The largest absolute Gasteiger partial charge is 0.494 e. The number of sulfonamides is 1. The maximum Gasteiger partial charge on any atom is 0.243 e. The highest BCUT2D eigenvalue weighted by atomic mass is 32.2. The number of carbonyl (C=O) groups excluding carboxylic acids is 1. The fraction of sp³-hybridized carbons (Fsp3) is 0.450. The summed E-state index contributed by atoms with van der Waals surface area (Å²) in [5.41, 5.74) is 0. The average Bonchev–Trinajstić information content (AvgIpc) is 3.15. The summed E-state index contributed by atoms with van der Waals surface area (Å²) in [4.78, 5) is 12.4. The van der Waals surface area contributed by atoms with Crippen LogP contribution in [0.5, 0.6) is 5.75 Å². The summed E-state index contributed by atoms with van der Waals surface area (Å²) in [5, 5.41) is 2.78. The van der Waals surface area contributed by atoms with Gasteiger partial charge in [0.1, 0.15) is 11.5 Å². The van der Waals surface area contributed by atoms with Crippen molar-refractivity contribution < 1.29 is 22.4 Å². The van der Waals surface area contributed by atoms with E-state index in [-0.39, 0.29) is 23.9 Å². The van der Waals surface area contributed by atoms with Gasteiger partial charge in [-0.3, -0.25) is 4.79 Å². The van der Waals surface area contributed by atoms with Crippen LogP contribution in [0.1, 0.15) is 33.0 Å². The third kappa shape index (κ3) is 6.38. The third-order valence-corrected chi connectivity index (χ3v) is 5.85. The first kappa shape index (κ1) is 22.0. The molecule has 0 fully saturated rings. The molecule has 154 valence electrons. The van der Waals surface area contributed by atoms with E-state index in [1.165, 1.54) is 18.4 Å². The Hall–Kier alpha value is -2.32. The van der Waals surface area contributed by atoms with Crippen LogP contribution in [-0.4, -0.2) is 38.3 Å². The van der Waals surface area contributed by atoms with Gasteiger partial charge in [0.2, 0.25) is 15.9 Å². The Labute approximate surface area is 166 Å². The number of nitrogens with one attached hydrogen (secondary N) is 1. The molecule has 1 N–H and O–H groups in total. The minimum Gasteiger partial charge on any atom is -0.494 e. The molecule has 8 heteroatoms. The number of ether oxygens (including phenoxy) is 1. The predicted molar refractivity (Wildman–Crippen MR) is 106 cm³/mol. The summed E-state index contributed by atoms with van der Waals surface area (Å²) in [7, 11) is -3.89. The Balaban J connectivity index is 2.17. The van der Waals surface area contributed by atoms with Gasteiger partial charge in [0.25, 0.3) is 0 Å². The van der Waals surface area contributed by atoms with Crippen molar-refractivity contribution in [3.05, 3.63) is 48.4 Å². The lowest BCUT2D eigenvalue weighted by Gasteiger charge is -2.21. The highest BCUT2D eigenvalue weighted by Gasteiger charge is 2.27. The number of carbonyl (C=O) groups is 1. The monoisotopic (exact) mass is 408 g/mol. The van der Waals surface area contributed by atoms with Crippen LogP contribution in [0.15, 0.2) is 52.0 Å². The fourth-order valence-electron chi connectivity index (χ4n) is 2.54. The lowest BCUT2D eigenvalue weighted by Crippen LogP contribution is -2.40. The minimum atomic E-state index is -3.89. The molecule has 0 unspecified atom stereocenters. The van der Waals surface area contributed by atoms with E-state index in [4.69, 9.17) is 9.15 Å². The molecule has 0 bridgehead atoms. The molecule has 0 aliphatic heterocycles. The predicted octanol–water partition coefficient (Wildman–Crippen LogP) is 3.03. The van der Waals surface area contributed by atoms with Gasteiger partial charge in [0, 0.05) is 6.54 Å². The normalized spacial score (nSPS) is 11.8. The summed E-state index contributed by atoms with van der Waals surface area (Å²) >= 11 is 0. The highest BCUT2D eigenvalue weighted by Crippen LogP contribution is 2.21. The van der Waals surface area contributed by atoms with E-state index in [1.807, 2.05) is 6.92 Å². The molecule has 0 aliphatic carbocycles. The molecule has 0 aliphatic rings. The van der Waals surface area contributed by atoms with Gasteiger partial charge in [-0.2, -0.15) is 4.31 Å². The van der Waals surface area contributed by atoms with Gasteiger partial charge in [-0.1, -0.05) is 13.8 Å². The molecule has 0 saturated heterocycles. The third-order valence-electron chi connectivity index (χ3n) is 4.05. The van der Waals surface area contributed by atoms with E-state index in [0.717, 1.165) is 10.7 Å². The van der Waals surface area contributed by atoms with E-state index < -0.39 is 10.0 Å². The van der Waals surface area contributed by atoms with E-state index >= 15 is 0 Å². The molecule has 1 amide bonds. The molecule has 0 atom stereocenters. The molecule has 0 saturated carbocycles. The van der Waals surface area contributed by atoms with Crippen LogP contribution in [0.2, 0.25) is 0 Å². The lowest BCUT2D eigenvalue weighted by molar-refractivity contribution is -0.121. The van der Waals surface area contributed by atoms with Crippen LogP contribution in [0.4, 0.5) is 0 Å². The van der Waals surface area contributed by atoms with Crippen LogP contribution < -0.4 is 10.1 Å². The van der Waals surface area contributed by atoms with Gasteiger partial charge in [-0.15, -0.1) is 0 Å². The zero-order valence-electron chi connectivity index (χ0n) is 16.6. The minimum absolute atomic E-state index is 0.0276. The van der Waals surface area contributed by atoms with Crippen LogP contribution in [0.3, 0.4) is 0 Å². The van der Waals surface area contributed by atoms with Gasteiger partial charge in [-0.05, 0) is 55.7 Å². The second kappa shape index (κ2) is 10.3. The van der Waals surface area contributed by atoms with Gasteiger partial charge >= 0.3 is 0 Å². The molecule has 1 aromatic heterocycles. The second-order valence-electron chi connectivity index (χ2n) is 6.79. The molecule has 1 aromatic carbocycles. The second-order valence-corrected chi connectivity index (χ2v) is 8.73. The average molecular weight is 409 g/mol. The van der Waals surface area contributed by atoms with Gasteiger partial charge in [0.15, 0.2) is 0 Å². The summed E-state index contributed by atoms with van der Waals surface area (Å²) < 4.78 is 38.0. The first-order valence-electron chi connectivity index (χ1n) is 9.35. The first-order chi connectivity index (χ1) is 13.3. The van der Waals surface area contributed by atoms with E-state index in [0.29, 0.717) is 30.6 Å². The Kier molecular flexibility index (Phi) is 8.07. The fourth-order valence-corrected chi connectivity index (χ4v) is 3.90. The first-order valence-corrected chi connectivity index (χ1v) is 10.8. The molecular weight excluding hydrogens is 380 g/mol. The van der Waals surface area contributed by atoms with Crippen LogP contribution in [0, 0.1) is 5.92 Å². The molecule has 0 spiro atoms. The van der Waals surface area contributed by atoms with Crippen molar-refractivity contribution in [1.82, 2.24) is 9.62 Å². The Morgan fingerprint density at radius 2 is 1.93 bits per heavy atom. The summed E-state index contributed by atoms with van der Waals surface area (Å²) in [6.07, 6.45) is 2.30. The number of hydrogen-bond donors (Lipinski definition) is 1. The SMILES string of the molecule is CCOc1ccc(S(=O)(=O)N(CC(=O)NCCC(C)C)Cc2ccco2)cc1. The van der Waals surface area contributed by atoms with Crippen LogP contribution >= 0.6 is 0 Å². The lowest BCUT2D eigenvalue weighted by atomic mass is 10.1. The number of hydrogen-bond acceptors (Lipinski definition) is 5. The molecule has 1 heterocycles. The van der Waals surface area contributed by atoms with Crippen molar-refractivity contribution in [1.29, 1.82) is 0 Å². The molecule has 0 radical (unpaired) electrons. The van der Waals surface area contributed by atoms with Crippen molar-refractivity contribution in [2.24, 2.45) is 5.92 Å². The standard InChI is InChI=1S/C20H28N2O5S/c1-4-26-17-7-9-19(10-8-17)28(24,25)22(14-18-6-5-13-27-18)15-20(23)21-12-11-16(2)3/h5-10,13,16H,4,11-12,14-15H2,1-3H3,(H,21,23). The number of rotatable bonds is 11. The Bertz CT molecular complexity index is 830. The van der Waals surface area contributed by atoms with Crippen LogP contribution in [0.25, 0.3) is 0 Å². The molecule has 28 heavy (non-hydrogen) atoms. The van der Waals surface area contributed by atoms with Crippen molar-refractivity contribution in [2.75, 3.05) is 19.7 Å². The number of benzene rings is 1. The zero-order chi connectivity index (χ0) is 20.6. The molecule has 2 aromatic rings. The van der Waals surface area contributed by atoms with Gasteiger partial charge in [-0.25, -0.2) is 8.42 Å². The zero-order valence-corrected chi connectivity index (χ0v) is 17.4. The topological polar surface area (TPSA) is 88.9 Å². The van der Waals surface area contributed by atoms with Crippen molar-refractivity contribution in [2.45, 2.75) is 38.6 Å². The number of nitrogens with zero attached hydrogens (tertiary/aromatic N) is 1. The number of furan rings is 1. The smallest absolute Gasteiger partial charge is 0.243 e. The summed E-state index contributed by atoms with van der Waals surface area (Å²) in [5.74, 6) is 1.16. The Morgan fingerprint density at radius 1 is 1.21 bits per heavy atom. The van der Waals surface area contributed by atoms with Gasteiger partial charge < -0.3 is 14.5 Å². The molecular formula is C20H28N2O5S. The molecule has 2 rings (SSSR count). The summed E-state index contributed by atoms with van der Waals surface area (Å²) in [6.45, 7) is 6.67. The summed E-state index contributed by atoms with van der Waals surface area (Å²) in [6, 6.07) is 9.52.